The summed E-state index contributed by atoms with van der Waals surface area (Å²) in [6, 6.07) is 15.9. The Kier molecular flexibility index (Phi) is 8.35. The highest BCUT2D eigenvalue weighted by atomic mass is 32.2. The molecule has 0 aromatic heterocycles. The van der Waals surface area contributed by atoms with Gasteiger partial charge in [-0.15, -0.1) is 0 Å². The number of amides is 2. The summed E-state index contributed by atoms with van der Waals surface area (Å²) in [5.74, 6) is -0.612. The van der Waals surface area contributed by atoms with Crippen molar-refractivity contribution in [3.63, 3.8) is 0 Å². The van der Waals surface area contributed by atoms with Gasteiger partial charge < -0.3 is 10.2 Å². The van der Waals surface area contributed by atoms with E-state index in [1.165, 1.54) is 21.3 Å². The van der Waals surface area contributed by atoms with Crippen LogP contribution in [0.1, 0.15) is 45.6 Å². The first-order chi connectivity index (χ1) is 18.1. The molecule has 1 atom stereocenters. The molecule has 0 bridgehead atoms. The minimum atomic E-state index is -3.71. The molecule has 0 aliphatic carbocycles. The number of rotatable bonds is 11. The molecular formula is C29H34FN3O4S. The molecule has 1 aliphatic heterocycles. The normalized spacial score (nSPS) is 14.6. The number of carbonyl (C=O) groups excluding carboxylic acids is 2. The van der Waals surface area contributed by atoms with Crippen molar-refractivity contribution in [1.82, 2.24) is 10.2 Å². The fraction of sp³-hybridized carbons (Fsp3) is 0.379. The van der Waals surface area contributed by atoms with E-state index in [1.54, 1.807) is 30.3 Å². The molecule has 9 heteroatoms. The second-order valence-corrected chi connectivity index (χ2v) is 11.9. The number of nitrogens with one attached hydrogen (secondary N) is 1. The molecule has 7 nitrogen and oxygen atoms in total. The molecule has 0 unspecified atom stereocenters. The van der Waals surface area contributed by atoms with E-state index in [4.69, 9.17) is 0 Å². The van der Waals surface area contributed by atoms with Crippen LogP contribution in [0.25, 0.3) is 10.8 Å². The molecule has 38 heavy (non-hydrogen) atoms. The van der Waals surface area contributed by atoms with E-state index in [2.05, 4.69) is 5.32 Å². The smallest absolute Gasteiger partial charge is 0.265 e. The minimum absolute atomic E-state index is 0.0630. The lowest BCUT2D eigenvalue weighted by Crippen LogP contribution is -2.49. The topological polar surface area (TPSA) is 86.8 Å². The largest absolute Gasteiger partial charge is 0.354 e. The zero-order valence-corrected chi connectivity index (χ0v) is 22.8. The zero-order valence-electron chi connectivity index (χ0n) is 22.0. The van der Waals surface area contributed by atoms with Crippen LogP contribution in [-0.2, 0) is 26.2 Å². The Labute approximate surface area is 223 Å². The van der Waals surface area contributed by atoms with Crippen molar-refractivity contribution >= 4 is 38.3 Å². The van der Waals surface area contributed by atoms with Gasteiger partial charge in [0, 0.05) is 31.4 Å². The van der Waals surface area contributed by atoms with Crippen LogP contribution >= 0.6 is 0 Å². The van der Waals surface area contributed by atoms with Crippen LogP contribution in [0.5, 0.6) is 0 Å². The average molecular weight is 540 g/mol. The molecule has 1 N–H and O–H groups in total. The van der Waals surface area contributed by atoms with Gasteiger partial charge in [0.25, 0.3) is 10.0 Å². The quantitative estimate of drug-likeness (QED) is 0.378. The molecule has 0 spiro atoms. The number of sulfonamides is 1. The summed E-state index contributed by atoms with van der Waals surface area (Å²) in [7, 11) is -3.71. The fourth-order valence-electron chi connectivity index (χ4n) is 4.85. The second kappa shape index (κ2) is 11.5. The van der Waals surface area contributed by atoms with Crippen LogP contribution in [0.3, 0.4) is 0 Å². The molecular weight excluding hydrogens is 505 g/mol. The fourth-order valence-corrected chi connectivity index (χ4v) is 6.59. The molecule has 2 amide bonds. The molecule has 1 heterocycles. The summed E-state index contributed by atoms with van der Waals surface area (Å²) in [5.41, 5.74) is 1.33. The Bertz CT molecular complexity index is 1420. The predicted molar refractivity (Wildman–Crippen MR) is 147 cm³/mol. The van der Waals surface area contributed by atoms with Gasteiger partial charge in [0.05, 0.1) is 10.6 Å². The lowest BCUT2D eigenvalue weighted by Gasteiger charge is -2.31. The van der Waals surface area contributed by atoms with E-state index in [0.29, 0.717) is 29.6 Å². The van der Waals surface area contributed by atoms with Crippen LogP contribution in [0, 0.1) is 11.7 Å². The second-order valence-electron chi connectivity index (χ2n) is 10.0. The molecule has 0 saturated carbocycles. The minimum Gasteiger partial charge on any atom is -0.354 e. The van der Waals surface area contributed by atoms with Gasteiger partial charge in [-0.2, -0.15) is 0 Å². The van der Waals surface area contributed by atoms with E-state index in [0.717, 1.165) is 5.39 Å². The summed E-state index contributed by atoms with van der Waals surface area (Å²) in [6.07, 6.45) is 0.759. The summed E-state index contributed by atoms with van der Waals surface area (Å²) < 4.78 is 41.4. The van der Waals surface area contributed by atoms with Crippen LogP contribution in [0.4, 0.5) is 10.1 Å². The third kappa shape index (κ3) is 5.67. The van der Waals surface area contributed by atoms with Crippen molar-refractivity contribution in [2.24, 2.45) is 5.92 Å². The molecule has 1 aliphatic rings. The van der Waals surface area contributed by atoms with Crippen LogP contribution in [0.15, 0.2) is 65.6 Å². The summed E-state index contributed by atoms with van der Waals surface area (Å²) in [5, 5.41) is 4.47. The lowest BCUT2D eigenvalue weighted by atomic mass is 10.1. The first kappa shape index (κ1) is 27.6. The molecule has 3 aromatic carbocycles. The Hall–Kier alpha value is -3.46. The number of carbonyl (C=O) groups is 2. The third-order valence-electron chi connectivity index (χ3n) is 6.77. The van der Waals surface area contributed by atoms with Gasteiger partial charge >= 0.3 is 0 Å². The van der Waals surface area contributed by atoms with Gasteiger partial charge in [0.1, 0.15) is 11.9 Å². The number of nitrogens with zero attached hydrogens (tertiary/aromatic N) is 2. The SMILES string of the molecule is CC[C@H](C(=O)NCC(C)C)N(Cc1ccc(F)cc1)C(=O)CCCN1c2cccc3cccc(c23)S1(=O)=O. The van der Waals surface area contributed by atoms with Gasteiger partial charge in [0.2, 0.25) is 11.8 Å². The number of hydrogen-bond acceptors (Lipinski definition) is 4. The highest BCUT2D eigenvalue weighted by molar-refractivity contribution is 7.93. The standard InChI is InChI=1S/C29H34FN3O4S/c1-4-24(29(35)31-18-20(2)3)32(19-21-13-15-23(30)16-14-21)27(34)12-7-17-33-25-10-5-8-22-9-6-11-26(28(22)25)38(33,36)37/h5-6,8-11,13-16,20,24H,4,7,12,17-19H2,1-3H3,(H,31,35)/t24-/m1/s1. The van der Waals surface area contributed by atoms with Gasteiger partial charge in [0.15, 0.2) is 0 Å². The van der Waals surface area contributed by atoms with Crippen LogP contribution in [-0.4, -0.2) is 44.3 Å². The zero-order chi connectivity index (χ0) is 27.4. The predicted octanol–water partition coefficient (Wildman–Crippen LogP) is 4.85. The van der Waals surface area contributed by atoms with Crippen molar-refractivity contribution in [3.05, 3.63) is 72.0 Å². The van der Waals surface area contributed by atoms with Crippen molar-refractivity contribution in [1.29, 1.82) is 0 Å². The number of halogens is 1. The van der Waals surface area contributed by atoms with E-state index in [1.807, 2.05) is 39.0 Å². The molecule has 202 valence electrons. The lowest BCUT2D eigenvalue weighted by molar-refractivity contribution is -0.141. The van der Waals surface area contributed by atoms with Gasteiger partial charge in [-0.25, -0.2) is 12.8 Å². The monoisotopic (exact) mass is 539 g/mol. The number of anilines is 1. The number of hydrogen-bond donors (Lipinski definition) is 1. The summed E-state index contributed by atoms with van der Waals surface area (Å²) in [4.78, 5) is 28.3. The summed E-state index contributed by atoms with van der Waals surface area (Å²) >= 11 is 0. The van der Waals surface area contributed by atoms with Crippen molar-refractivity contribution in [2.75, 3.05) is 17.4 Å². The Balaban J connectivity index is 1.51. The van der Waals surface area contributed by atoms with Crippen molar-refractivity contribution in [2.45, 2.75) is 57.5 Å². The Morgan fingerprint density at radius 3 is 2.37 bits per heavy atom. The molecule has 4 rings (SSSR count). The van der Waals surface area contributed by atoms with E-state index < -0.39 is 16.1 Å². The highest BCUT2D eigenvalue weighted by Gasteiger charge is 2.35. The third-order valence-corrected chi connectivity index (χ3v) is 8.63. The summed E-state index contributed by atoms with van der Waals surface area (Å²) in [6.45, 7) is 6.62. The molecule has 0 saturated heterocycles. The van der Waals surface area contributed by atoms with Crippen LogP contribution in [0.2, 0.25) is 0 Å². The van der Waals surface area contributed by atoms with E-state index in [9.17, 15) is 22.4 Å². The Morgan fingerprint density at radius 2 is 1.71 bits per heavy atom. The highest BCUT2D eigenvalue weighted by Crippen LogP contribution is 2.42. The first-order valence-electron chi connectivity index (χ1n) is 13.0. The maximum absolute atomic E-state index is 13.5. The van der Waals surface area contributed by atoms with Gasteiger partial charge in [-0.05, 0) is 54.0 Å². The van der Waals surface area contributed by atoms with E-state index in [-0.39, 0.29) is 54.4 Å². The van der Waals surface area contributed by atoms with Crippen molar-refractivity contribution in [3.8, 4) is 0 Å². The maximum atomic E-state index is 13.5. The first-order valence-corrected chi connectivity index (χ1v) is 14.4. The van der Waals surface area contributed by atoms with Crippen LogP contribution < -0.4 is 9.62 Å². The molecule has 3 aromatic rings. The molecule has 0 radical (unpaired) electrons. The van der Waals surface area contributed by atoms with Gasteiger partial charge in [-0.3, -0.25) is 13.9 Å². The molecule has 0 fully saturated rings. The number of benzene rings is 3. The maximum Gasteiger partial charge on any atom is 0.265 e. The Morgan fingerprint density at radius 1 is 1.03 bits per heavy atom. The van der Waals surface area contributed by atoms with E-state index >= 15 is 0 Å². The van der Waals surface area contributed by atoms with Crippen molar-refractivity contribution < 1.29 is 22.4 Å². The van der Waals surface area contributed by atoms with Gasteiger partial charge in [-0.1, -0.05) is 57.2 Å². The average Bonchev–Trinajstić information content (AvgIpc) is 3.11.